The molecule has 0 unspecified atom stereocenters. The van der Waals surface area contributed by atoms with Gasteiger partial charge in [0.1, 0.15) is 0 Å². The van der Waals surface area contributed by atoms with Crippen LogP contribution in [0.3, 0.4) is 0 Å². The van der Waals surface area contributed by atoms with Gasteiger partial charge in [-0.1, -0.05) is 6.08 Å². The van der Waals surface area contributed by atoms with Crippen LogP contribution in [0.5, 0.6) is 0 Å². The summed E-state index contributed by atoms with van der Waals surface area (Å²) in [5.74, 6) is -0.368. The molecular weight excluding hydrogens is 383 g/mol. The van der Waals surface area contributed by atoms with E-state index in [1.807, 2.05) is 0 Å². The molecule has 1 N–H and O–H groups in total. The minimum atomic E-state index is -6.00. The molecule has 0 saturated heterocycles. The van der Waals surface area contributed by atoms with Crippen LogP contribution in [-0.4, -0.2) is 40.5 Å². The van der Waals surface area contributed by atoms with Crippen molar-refractivity contribution in [2.24, 2.45) is 0 Å². The van der Waals surface area contributed by atoms with Crippen molar-refractivity contribution in [1.82, 2.24) is 0 Å². The van der Waals surface area contributed by atoms with Crippen molar-refractivity contribution in [2.75, 3.05) is 5.75 Å². The van der Waals surface area contributed by atoms with Crippen LogP contribution in [0.15, 0.2) is 12.7 Å². The van der Waals surface area contributed by atoms with Crippen LogP contribution >= 0.6 is 0 Å². The number of halogens is 12. The van der Waals surface area contributed by atoms with Gasteiger partial charge in [-0.05, 0) is 0 Å². The maximum absolute atomic E-state index is 9.75. The van der Waals surface area contributed by atoms with E-state index in [0.29, 0.717) is 0 Å². The molecule has 0 aliphatic carbocycles. The molecule has 3 nitrogen and oxygen atoms in total. The standard InChI is InChI=1S/C3H6O3S.3BF4.Li.H/c1-2-3-7(4,5)6;3*2-1(3,4)5;;/h2H,1,3H2,(H,4,5,6);;;;;/q;3*-1;+1;-1. The van der Waals surface area contributed by atoms with E-state index < -0.39 is 31.9 Å². The van der Waals surface area contributed by atoms with Gasteiger partial charge in [-0.15, -0.1) is 6.58 Å². The number of hydrogen-bond acceptors (Lipinski definition) is 2. The molecule has 140 valence electrons. The summed E-state index contributed by atoms with van der Waals surface area (Å²) in [5, 5.41) is 0. The van der Waals surface area contributed by atoms with Gasteiger partial charge in [-0.25, -0.2) is 0 Å². The monoisotopic (exact) mass is 391 g/mol. The Bertz CT molecular complexity index is 335. The van der Waals surface area contributed by atoms with Gasteiger partial charge in [-0.3, -0.25) is 4.55 Å². The summed E-state index contributed by atoms with van der Waals surface area (Å²) in [6.45, 7) is 3.11. The zero-order chi connectivity index (χ0) is 19.4. The third kappa shape index (κ3) is 640. The van der Waals surface area contributed by atoms with Crippen LogP contribution in [0.25, 0.3) is 0 Å². The molecule has 0 aliphatic rings. The molecule has 0 aromatic heterocycles. The zero-order valence-electron chi connectivity index (χ0n) is 11.9. The zero-order valence-corrected chi connectivity index (χ0v) is 11.7. The second kappa shape index (κ2) is 14.0. The van der Waals surface area contributed by atoms with Crippen LogP contribution < -0.4 is 18.9 Å². The van der Waals surface area contributed by atoms with Gasteiger partial charge < -0.3 is 53.2 Å². The van der Waals surface area contributed by atoms with E-state index in [1.165, 1.54) is 0 Å². The van der Waals surface area contributed by atoms with E-state index in [4.69, 9.17) is 4.55 Å². The van der Waals surface area contributed by atoms with Gasteiger partial charge >= 0.3 is 40.6 Å². The fourth-order valence-electron chi connectivity index (χ4n) is 0.149. The Morgan fingerprint density at radius 2 is 0.913 bits per heavy atom. The topological polar surface area (TPSA) is 54.4 Å². The molecule has 0 aliphatic heterocycles. The van der Waals surface area contributed by atoms with Gasteiger partial charge in [0.05, 0.1) is 5.75 Å². The van der Waals surface area contributed by atoms with Crippen molar-refractivity contribution in [3.63, 3.8) is 0 Å². The first kappa shape index (κ1) is 34.0. The SMILES string of the molecule is C=CCS(=O)(=O)O.F[B-](F)(F)F.F[B-](F)(F)F.F[B-](F)(F)F.[H-].[Li+]. The Morgan fingerprint density at radius 3 is 0.913 bits per heavy atom. The van der Waals surface area contributed by atoms with Crippen LogP contribution in [0.1, 0.15) is 1.43 Å². The van der Waals surface area contributed by atoms with Crippen molar-refractivity contribution in [1.29, 1.82) is 0 Å². The molecule has 20 heteroatoms. The van der Waals surface area contributed by atoms with E-state index in [0.717, 1.165) is 6.08 Å². The van der Waals surface area contributed by atoms with Crippen molar-refractivity contribution in [3.05, 3.63) is 12.7 Å². The summed E-state index contributed by atoms with van der Waals surface area (Å²) in [5.41, 5.74) is 0. The van der Waals surface area contributed by atoms with Gasteiger partial charge in [0.2, 0.25) is 0 Å². The molecule has 0 rings (SSSR count). The van der Waals surface area contributed by atoms with Gasteiger partial charge in [0.25, 0.3) is 10.1 Å². The molecule has 0 spiro atoms. The second-order valence-electron chi connectivity index (χ2n) is 2.52. The molecule has 0 bridgehead atoms. The first-order chi connectivity index (χ1) is 9.06. The molecule has 0 amide bonds. The van der Waals surface area contributed by atoms with E-state index in [2.05, 4.69) is 6.58 Å². The van der Waals surface area contributed by atoms with Crippen molar-refractivity contribution < 1.29 is 85.0 Å². The van der Waals surface area contributed by atoms with Crippen LogP contribution in [0.4, 0.5) is 51.8 Å². The summed E-state index contributed by atoms with van der Waals surface area (Å²) >= 11 is 0. The van der Waals surface area contributed by atoms with Crippen LogP contribution in [-0.2, 0) is 10.1 Å². The third-order valence-electron chi connectivity index (χ3n) is 0.328. The Morgan fingerprint density at radius 1 is 0.783 bits per heavy atom. The van der Waals surface area contributed by atoms with Crippen LogP contribution in [0.2, 0.25) is 0 Å². The fraction of sp³-hybridized carbons (Fsp3) is 0.333. The largest absolute Gasteiger partial charge is 1.00 e. The maximum atomic E-state index is 9.75. The number of rotatable bonds is 2. The van der Waals surface area contributed by atoms with Gasteiger partial charge in [0, 0.05) is 0 Å². The molecule has 0 aromatic rings. The minimum absolute atomic E-state index is 0. The molecule has 23 heavy (non-hydrogen) atoms. The second-order valence-corrected chi connectivity index (χ2v) is 4.02. The summed E-state index contributed by atoms with van der Waals surface area (Å²) in [6, 6.07) is 0. The van der Waals surface area contributed by atoms with E-state index >= 15 is 0 Å². The smallest absolute Gasteiger partial charge is 1.00 e. The summed E-state index contributed by atoms with van der Waals surface area (Å²) in [6.07, 6.45) is 1.12. The molecule has 0 aromatic carbocycles. The normalized spacial score (nSPS) is 11.2. The fourth-order valence-corrected chi connectivity index (χ4v) is 0.447. The van der Waals surface area contributed by atoms with E-state index in [-0.39, 0.29) is 26.0 Å². The third-order valence-corrected chi connectivity index (χ3v) is 0.985. The van der Waals surface area contributed by atoms with Crippen molar-refractivity contribution in [2.45, 2.75) is 0 Å². The molecule has 0 fully saturated rings. The minimum Gasteiger partial charge on any atom is -1.00 e. The molecular formula is C3H7B3F12LiO3S-3. The summed E-state index contributed by atoms with van der Waals surface area (Å²) in [7, 11) is -21.8. The molecule has 0 heterocycles. The predicted molar refractivity (Wildman–Crippen MR) is 58.3 cm³/mol. The Hall–Kier alpha value is -0.398. The Labute approximate surface area is 136 Å². The first-order valence-electron chi connectivity index (χ1n) is 4.24. The average molecular weight is 391 g/mol. The average Bonchev–Trinajstić information content (AvgIpc) is 1.88. The Kier molecular flexibility index (Phi) is 20.7. The quantitative estimate of drug-likeness (QED) is 0.332. The predicted octanol–water partition coefficient (Wildman–Crippen LogP) is 1.08. The van der Waals surface area contributed by atoms with E-state index in [9.17, 15) is 60.2 Å². The molecule has 0 radical (unpaired) electrons. The van der Waals surface area contributed by atoms with Gasteiger partial charge in [-0.2, -0.15) is 8.42 Å². The van der Waals surface area contributed by atoms with E-state index in [1.54, 1.807) is 0 Å². The summed E-state index contributed by atoms with van der Waals surface area (Å²) in [4.78, 5) is 0. The Balaban J connectivity index is -0.0000000443. The van der Waals surface area contributed by atoms with Crippen LogP contribution in [0, 0.1) is 0 Å². The molecule has 0 atom stereocenters. The van der Waals surface area contributed by atoms with Crippen molar-refractivity contribution in [3.8, 4) is 0 Å². The number of hydrogen-bond donors (Lipinski definition) is 1. The summed E-state index contributed by atoms with van der Waals surface area (Å²) < 4.78 is 144. The first-order valence-corrected chi connectivity index (χ1v) is 5.85. The molecule has 0 saturated carbocycles. The maximum Gasteiger partial charge on any atom is 1.00 e. The van der Waals surface area contributed by atoms with Crippen molar-refractivity contribution >= 4 is 31.9 Å². The van der Waals surface area contributed by atoms with Gasteiger partial charge in [0.15, 0.2) is 0 Å².